The first-order valence-electron chi connectivity index (χ1n) is 3.90. The van der Waals surface area contributed by atoms with Gasteiger partial charge in [-0.2, -0.15) is 0 Å². The molecule has 0 fully saturated rings. The first kappa shape index (κ1) is 5.94. The fraction of sp³-hybridized carbons (Fsp3) is 0.111. The lowest BCUT2D eigenvalue weighted by Crippen LogP contribution is -1.90. The highest BCUT2D eigenvalue weighted by Gasteiger charge is 2.18. The topological polar surface area (TPSA) is 30.7 Å². The highest BCUT2D eigenvalue weighted by Crippen LogP contribution is 2.27. The third kappa shape index (κ3) is 0.605. The summed E-state index contributed by atoms with van der Waals surface area (Å²) in [6.45, 7) is 0.867. The van der Waals surface area contributed by atoms with Crippen molar-refractivity contribution in [3.05, 3.63) is 36.4 Å². The standard InChI is InChI=1S/C9H7N3/c1-2-7-8(10-3-1)6-12-5-4-11-9(7)12/h1-5H,6H2. The third-order valence-corrected chi connectivity index (χ3v) is 2.17. The number of fused-ring (bicyclic) bond motifs is 3. The minimum atomic E-state index is 0.867. The molecular weight excluding hydrogens is 150 g/mol. The molecule has 0 spiro atoms. The zero-order valence-electron chi connectivity index (χ0n) is 6.44. The molecule has 12 heavy (non-hydrogen) atoms. The zero-order valence-corrected chi connectivity index (χ0v) is 6.44. The highest BCUT2D eigenvalue weighted by molar-refractivity contribution is 5.62. The van der Waals surface area contributed by atoms with Crippen molar-refractivity contribution in [1.29, 1.82) is 0 Å². The van der Waals surface area contributed by atoms with E-state index in [9.17, 15) is 0 Å². The van der Waals surface area contributed by atoms with E-state index in [1.165, 1.54) is 5.56 Å². The highest BCUT2D eigenvalue weighted by atomic mass is 15.1. The van der Waals surface area contributed by atoms with Crippen LogP contribution in [0.5, 0.6) is 0 Å². The third-order valence-electron chi connectivity index (χ3n) is 2.17. The summed E-state index contributed by atoms with van der Waals surface area (Å²) in [6.07, 6.45) is 5.63. The Bertz CT molecular complexity index is 431. The average Bonchev–Trinajstić information content (AvgIpc) is 2.62. The Labute approximate surface area is 69.7 Å². The molecule has 3 rings (SSSR count). The lowest BCUT2D eigenvalue weighted by atomic mass is 10.2. The van der Waals surface area contributed by atoms with E-state index in [1.807, 2.05) is 24.7 Å². The van der Waals surface area contributed by atoms with Crippen LogP contribution < -0.4 is 0 Å². The quantitative estimate of drug-likeness (QED) is 0.492. The zero-order chi connectivity index (χ0) is 7.97. The largest absolute Gasteiger partial charge is 0.325 e. The molecule has 58 valence electrons. The summed E-state index contributed by atoms with van der Waals surface area (Å²) in [5.74, 6) is 1.04. The van der Waals surface area contributed by atoms with Gasteiger partial charge in [-0.3, -0.25) is 4.98 Å². The number of nitrogens with zero attached hydrogens (tertiary/aromatic N) is 3. The monoisotopic (exact) mass is 157 g/mol. The lowest BCUT2D eigenvalue weighted by molar-refractivity contribution is 0.826. The van der Waals surface area contributed by atoms with Crippen LogP contribution in [0.15, 0.2) is 30.7 Å². The van der Waals surface area contributed by atoms with Crippen molar-refractivity contribution in [3.8, 4) is 11.4 Å². The molecule has 2 aromatic rings. The second kappa shape index (κ2) is 1.94. The first-order valence-corrected chi connectivity index (χ1v) is 3.90. The van der Waals surface area contributed by atoms with Crippen molar-refractivity contribution < 1.29 is 0 Å². The van der Waals surface area contributed by atoms with E-state index in [0.717, 1.165) is 18.1 Å². The fourth-order valence-corrected chi connectivity index (χ4v) is 1.61. The van der Waals surface area contributed by atoms with E-state index in [-0.39, 0.29) is 0 Å². The molecule has 0 atom stereocenters. The number of hydrogen-bond acceptors (Lipinski definition) is 2. The normalized spacial score (nSPS) is 12.7. The average molecular weight is 157 g/mol. The number of aromatic nitrogens is 3. The van der Waals surface area contributed by atoms with Crippen molar-refractivity contribution >= 4 is 0 Å². The molecule has 1 aliphatic rings. The van der Waals surface area contributed by atoms with Gasteiger partial charge in [0.1, 0.15) is 5.82 Å². The molecule has 3 heteroatoms. The molecule has 2 aromatic heterocycles. The predicted molar refractivity (Wildman–Crippen MR) is 44.6 cm³/mol. The molecule has 0 radical (unpaired) electrons. The fourth-order valence-electron chi connectivity index (χ4n) is 1.61. The second-order valence-corrected chi connectivity index (χ2v) is 2.88. The van der Waals surface area contributed by atoms with Gasteiger partial charge in [-0.15, -0.1) is 0 Å². The van der Waals surface area contributed by atoms with Crippen molar-refractivity contribution in [3.63, 3.8) is 0 Å². The maximum atomic E-state index is 4.29. The van der Waals surface area contributed by atoms with Gasteiger partial charge in [-0.05, 0) is 12.1 Å². The molecule has 0 aliphatic carbocycles. The second-order valence-electron chi connectivity index (χ2n) is 2.88. The Kier molecular flexibility index (Phi) is 0.961. The van der Waals surface area contributed by atoms with Gasteiger partial charge in [0.25, 0.3) is 0 Å². The van der Waals surface area contributed by atoms with Gasteiger partial charge in [0.05, 0.1) is 12.2 Å². The van der Waals surface area contributed by atoms with Gasteiger partial charge >= 0.3 is 0 Å². The van der Waals surface area contributed by atoms with Crippen LogP contribution in [0.1, 0.15) is 5.69 Å². The summed E-state index contributed by atoms with van der Waals surface area (Å²) in [5, 5.41) is 0. The Morgan fingerprint density at radius 1 is 1.25 bits per heavy atom. The van der Waals surface area contributed by atoms with Crippen LogP contribution in [-0.4, -0.2) is 14.5 Å². The van der Waals surface area contributed by atoms with Crippen LogP contribution in [0.25, 0.3) is 11.4 Å². The van der Waals surface area contributed by atoms with Crippen molar-refractivity contribution in [2.45, 2.75) is 6.54 Å². The van der Waals surface area contributed by atoms with Crippen LogP contribution in [-0.2, 0) is 6.54 Å². The molecule has 3 heterocycles. The Morgan fingerprint density at radius 2 is 2.25 bits per heavy atom. The summed E-state index contributed by atoms with van der Waals surface area (Å²) < 4.78 is 2.11. The minimum absolute atomic E-state index is 0.867. The summed E-state index contributed by atoms with van der Waals surface area (Å²) in [4.78, 5) is 8.55. The lowest BCUT2D eigenvalue weighted by Gasteiger charge is -1.92. The summed E-state index contributed by atoms with van der Waals surface area (Å²) >= 11 is 0. The van der Waals surface area contributed by atoms with Crippen LogP contribution in [0, 0.1) is 0 Å². The van der Waals surface area contributed by atoms with Gasteiger partial charge in [-0.25, -0.2) is 4.98 Å². The smallest absolute Gasteiger partial charge is 0.142 e. The van der Waals surface area contributed by atoms with E-state index < -0.39 is 0 Å². The Balaban J connectivity index is 2.34. The van der Waals surface area contributed by atoms with Crippen molar-refractivity contribution in [1.82, 2.24) is 14.5 Å². The summed E-state index contributed by atoms with van der Waals surface area (Å²) in [7, 11) is 0. The molecule has 0 N–H and O–H groups in total. The van der Waals surface area contributed by atoms with Gasteiger partial charge in [0.2, 0.25) is 0 Å². The molecular formula is C9H7N3. The molecule has 1 aliphatic heterocycles. The number of imidazole rings is 1. The van der Waals surface area contributed by atoms with Crippen molar-refractivity contribution in [2.75, 3.05) is 0 Å². The van der Waals surface area contributed by atoms with Crippen LogP contribution in [0.3, 0.4) is 0 Å². The van der Waals surface area contributed by atoms with E-state index in [2.05, 4.69) is 20.6 Å². The summed E-state index contributed by atoms with van der Waals surface area (Å²) in [5.41, 5.74) is 2.29. The van der Waals surface area contributed by atoms with Crippen LogP contribution in [0.2, 0.25) is 0 Å². The SMILES string of the molecule is c1cnc2c(c1)-c1nccn1C2. The van der Waals surface area contributed by atoms with Gasteiger partial charge in [-0.1, -0.05) is 0 Å². The number of pyridine rings is 1. The van der Waals surface area contributed by atoms with Gasteiger partial charge < -0.3 is 4.57 Å². The van der Waals surface area contributed by atoms with Gasteiger partial charge in [0.15, 0.2) is 0 Å². The van der Waals surface area contributed by atoms with Gasteiger partial charge in [0, 0.05) is 24.2 Å². The Morgan fingerprint density at radius 3 is 3.25 bits per heavy atom. The maximum Gasteiger partial charge on any atom is 0.142 e. The molecule has 0 saturated heterocycles. The van der Waals surface area contributed by atoms with Crippen molar-refractivity contribution in [2.24, 2.45) is 0 Å². The molecule has 0 bridgehead atoms. The predicted octanol–water partition coefficient (Wildman–Crippen LogP) is 1.31. The molecule has 0 amide bonds. The van der Waals surface area contributed by atoms with E-state index >= 15 is 0 Å². The molecule has 0 aromatic carbocycles. The maximum absolute atomic E-state index is 4.29. The van der Waals surface area contributed by atoms with E-state index in [4.69, 9.17) is 0 Å². The first-order chi connectivity index (χ1) is 5.95. The number of rotatable bonds is 0. The summed E-state index contributed by atoms with van der Waals surface area (Å²) in [6, 6.07) is 4.01. The molecule has 3 nitrogen and oxygen atoms in total. The Hall–Kier alpha value is -1.64. The molecule has 0 unspecified atom stereocenters. The van der Waals surface area contributed by atoms with E-state index in [1.54, 1.807) is 0 Å². The van der Waals surface area contributed by atoms with Crippen LogP contribution >= 0.6 is 0 Å². The van der Waals surface area contributed by atoms with E-state index in [0.29, 0.717) is 0 Å². The molecule has 0 saturated carbocycles. The number of hydrogen-bond donors (Lipinski definition) is 0. The minimum Gasteiger partial charge on any atom is -0.325 e. The van der Waals surface area contributed by atoms with Crippen LogP contribution in [0.4, 0.5) is 0 Å².